The van der Waals surface area contributed by atoms with E-state index in [2.05, 4.69) is 25.9 Å². The summed E-state index contributed by atoms with van der Waals surface area (Å²) in [5, 5.41) is 0. The number of benzene rings is 1. The van der Waals surface area contributed by atoms with Crippen LogP contribution in [0.25, 0.3) is 0 Å². The lowest BCUT2D eigenvalue weighted by Crippen LogP contribution is -2.37. The molecule has 21 heavy (non-hydrogen) atoms. The molecule has 1 aliphatic rings. The summed E-state index contributed by atoms with van der Waals surface area (Å²) < 4.78 is 0.960. The fourth-order valence-electron chi connectivity index (χ4n) is 2.51. The lowest BCUT2D eigenvalue weighted by molar-refractivity contribution is -0.131. The van der Waals surface area contributed by atoms with Crippen LogP contribution in [0, 0.1) is 0 Å². The van der Waals surface area contributed by atoms with Gasteiger partial charge in [0.2, 0.25) is 5.91 Å². The average molecular weight is 347 g/mol. The van der Waals surface area contributed by atoms with Crippen molar-refractivity contribution in [1.82, 2.24) is 14.9 Å². The summed E-state index contributed by atoms with van der Waals surface area (Å²) >= 11 is 3.48. The van der Waals surface area contributed by atoms with Crippen LogP contribution in [-0.4, -0.2) is 27.3 Å². The molecule has 1 aromatic carbocycles. The van der Waals surface area contributed by atoms with Gasteiger partial charge in [-0.05, 0) is 18.1 Å². The van der Waals surface area contributed by atoms with Crippen molar-refractivity contribution in [2.24, 2.45) is 0 Å². The summed E-state index contributed by atoms with van der Waals surface area (Å²) in [5.41, 5.74) is 8.67. The molecule has 5 nitrogen and oxygen atoms in total. The fourth-order valence-corrected chi connectivity index (χ4v) is 2.93. The molecule has 0 unspecified atom stereocenters. The van der Waals surface area contributed by atoms with E-state index in [-0.39, 0.29) is 5.91 Å². The molecule has 1 amide bonds. The van der Waals surface area contributed by atoms with Gasteiger partial charge in [0.05, 0.1) is 18.7 Å². The van der Waals surface area contributed by atoms with Crippen molar-refractivity contribution in [2.75, 3.05) is 12.3 Å². The van der Waals surface area contributed by atoms with Crippen molar-refractivity contribution in [1.29, 1.82) is 0 Å². The number of carbonyl (C=O) groups excluding carboxylic acids is 1. The van der Waals surface area contributed by atoms with Crippen molar-refractivity contribution < 1.29 is 4.79 Å². The third-order valence-electron chi connectivity index (χ3n) is 3.69. The highest BCUT2D eigenvalue weighted by atomic mass is 79.9. The second kappa shape index (κ2) is 5.81. The highest BCUT2D eigenvalue weighted by Gasteiger charge is 2.23. The van der Waals surface area contributed by atoms with Crippen LogP contribution in [0.15, 0.2) is 35.1 Å². The number of nitrogen functional groups attached to an aromatic ring is 1. The number of anilines is 1. The van der Waals surface area contributed by atoms with Gasteiger partial charge in [-0.15, -0.1) is 0 Å². The maximum absolute atomic E-state index is 12.4. The van der Waals surface area contributed by atoms with Crippen LogP contribution >= 0.6 is 15.9 Å². The molecule has 0 aliphatic carbocycles. The van der Waals surface area contributed by atoms with Crippen molar-refractivity contribution in [3.63, 3.8) is 0 Å². The van der Waals surface area contributed by atoms with E-state index >= 15 is 0 Å². The summed E-state index contributed by atoms with van der Waals surface area (Å²) in [6.07, 6.45) is 2.55. The number of carbonyl (C=O) groups is 1. The summed E-state index contributed by atoms with van der Waals surface area (Å²) in [5.74, 6) is 0.627. The zero-order valence-corrected chi connectivity index (χ0v) is 13.0. The fraction of sp³-hybridized carbons (Fsp3) is 0.267. The molecule has 6 heteroatoms. The first kappa shape index (κ1) is 14.0. The third kappa shape index (κ3) is 2.90. The Morgan fingerprint density at radius 3 is 2.95 bits per heavy atom. The molecule has 2 aromatic rings. The predicted molar refractivity (Wildman–Crippen MR) is 83.4 cm³/mol. The maximum atomic E-state index is 12.4. The maximum Gasteiger partial charge on any atom is 0.227 e. The van der Waals surface area contributed by atoms with E-state index in [1.165, 1.54) is 6.33 Å². The van der Waals surface area contributed by atoms with Crippen molar-refractivity contribution in [3.8, 4) is 0 Å². The Bertz CT molecular complexity index is 689. The zero-order chi connectivity index (χ0) is 14.8. The van der Waals surface area contributed by atoms with Gasteiger partial charge in [0.25, 0.3) is 0 Å². The number of fused-ring (bicyclic) bond motifs is 1. The first-order valence-corrected chi connectivity index (χ1v) is 7.54. The van der Waals surface area contributed by atoms with Gasteiger partial charge in [0.1, 0.15) is 12.1 Å². The average Bonchev–Trinajstić information content (AvgIpc) is 2.49. The Morgan fingerprint density at radius 2 is 2.14 bits per heavy atom. The quantitative estimate of drug-likeness (QED) is 0.901. The number of rotatable bonds is 2. The number of nitrogens with zero attached hydrogens (tertiary/aromatic N) is 3. The zero-order valence-electron chi connectivity index (χ0n) is 11.4. The lowest BCUT2D eigenvalue weighted by atomic mass is 10.0. The SMILES string of the molecule is Nc1ncnc2c1CCN(C(=O)Cc1ccccc1Br)C2. The molecule has 0 atom stereocenters. The topological polar surface area (TPSA) is 72.1 Å². The first-order chi connectivity index (χ1) is 10.1. The van der Waals surface area contributed by atoms with Gasteiger partial charge in [-0.1, -0.05) is 34.1 Å². The summed E-state index contributed by atoms with van der Waals surface area (Å²) in [4.78, 5) is 22.5. The number of hydrogen-bond acceptors (Lipinski definition) is 4. The van der Waals surface area contributed by atoms with Gasteiger partial charge in [-0.2, -0.15) is 0 Å². The number of halogens is 1. The number of hydrogen-bond donors (Lipinski definition) is 1. The van der Waals surface area contributed by atoms with E-state index in [4.69, 9.17) is 5.73 Å². The summed E-state index contributed by atoms with van der Waals surface area (Å²) in [7, 11) is 0. The van der Waals surface area contributed by atoms with Crippen LogP contribution in [0.5, 0.6) is 0 Å². The molecule has 0 saturated heterocycles. The molecule has 0 saturated carbocycles. The minimum Gasteiger partial charge on any atom is -0.383 e. The van der Waals surface area contributed by atoms with Crippen LogP contribution in [0.1, 0.15) is 16.8 Å². The van der Waals surface area contributed by atoms with Crippen molar-refractivity contribution >= 4 is 27.7 Å². The van der Waals surface area contributed by atoms with Gasteiger partial charge < -0.3 is 10.6 Å². The number of aromatic nitrogens is 2. The van der Waals surface area contributed by atoms with E-state index in [1.54, 1.807) is 0 Å². The monoisotopic (exact) mass is 346 g/mol. The van der Waals surface area contributed by atoms with E-state index < -0.39 is 0 Å². The largest absolute Gasteiger partial charge is 0.383 e. The van der Waals surface area contributed by atoms with Crippen LogP contribution in [-0.2, 0) is 24.2 Å². The highest BCUT2D eigenvalue weighted by Crippen LogP contribution is 2.22. The minimum absolute atomic E-state index is 0.102. The molecule has 1 aromatic heterocycles. The van der Waals surface area contributed by atoms with E-state index in [0.29, 0.717) is 31.7 Å². The molecule has 0 radical (unpaired) electrons. The Labute approximate surface area is 131 Å². The molecular weight excluding hydrogens is 332 g/mol. The van der Waals surface area contributed by atoms with Crippen LogP contribution < -0.4 is 5.73 Å². The standard InChI is InChI=1S/C15H15BrN4O/c16-12-4-2-1-3-10(12)7-14(21)20-6-5-11-13(8-20)18-9-19-15(11)17/h1-4,9H,5-8H2,(H2,17,18,19). The summed E-state index contributed by atoms with van der Waals surface area (Å²) in [6, 6.07) is 7.78. The molecule has 2 heterocycles. The van der Waals surface area contributed by atoms with E-state index in [9.17, 15) is 4.79 Å². The van der Waals surface area contributed by atoms with Crippen LogP contribution in [0.2, 0.25) is 0 Å². The van der Waals surface area contributed by atoms with Crippen molar-refractivity contribution in [2.45, 2.75) is 19.4 Å². The predicted octanol–water partition coefficient (Wildman–Crippen LogP) is 1.95. The second-order valence-electron chi connectivity index (χ2n) is 5.02. The smallest absolute Gasteiger partial charge is 0.227 e. The molecule has 0 spiro atoms. The Hall–Kier alpha value is -1.95. The van der Waals surface area contributed by atoms with Gasteiger partial charge in [0, 0.05) is 16.6 Å². The number of amides is 1. The normalized spacial score (nSPS) is 13.9. The molecule has 0 bridgehead atoms. The number of nitrogens with two attached hydrogens (primary N) is 1. The Balaban J connectivity index is 1.74. The molecule has 108 valence electrons. The van der Waals surface area contributed by atoms with Gasteiger partial charge in [-0.3, -0.25) is 4.79 Å². The lowest BCUT2D eigenvalue weighted by Gasteiger charge is -2.28. The third-order valence-corrected chi connectivity index (χ3v) is 4.47. The highest BCUT2D eigenvalue weighted by molar-refractivity contribution is 9.10. The van der Waals surface area contributed by atoms with E-state index in [1.807, 2.05) is 29.2 Å². The minimum atomic E-state index is 0.102. The first-order valence-electron chi connectivity index (χ1n) is 6.74. The second-order valence-corrected chi connectivity index (χ2v) is 5.87. The van der Waals surface area contributed by atoms with Crippen LogP contribution in [0.3, 0.4) is 0 Å². The Kier molecular flexibility index (Phi) is 3.88. The van der Waals surface area contributed by atoms with Gasteiger partial charge in [-0.25, -0.2) is 9.97 Å². The van der Waals surface area contributed by atoms with Gasteiger partial charge >= 0.3 is 0 Å². The van der Waals surface area contributed by atoms with Gasteiger partial charge in [0.15, 0.2) is 0 Å². The van der Waals surface area contributed by atoms with E-state index in [0.717, 1.165) is 21.3 Å². The molecule has 0 fully saturated rings. The molecule has 2 N–H and O–H groups in total. The summed E-state index contributed by atoms with van der Waals surface area (Å²) in [6.45, 7) is 1.17. The Morgan fingerprint density at radius 1 is 1.33 bits per heavy atom. The molecular formula is C15H15BrN4O. The van der Waals surface area contributed by atoms with Crippen molar-refractivity contribution in [3.05, 3.63) is 51.9 Å². The molecule has 3 rings (SSSR count). The molecule has 1 aliphatic heterocycles. The van der Waals surface area contributed by atoms with Crippen LogP contribution in [0.4, 0.5) is 5.82 Å².